The van der Waals surface area contributed by atoms with Gasteiger partial charge in [0.15, 0.2) is 0 Å². The van der Waals surface area contributed by atoms with Gasteiger partial charge in [-0.25, -0.2) is 0 Å². The number of aliphatic hydroxyl groups is 1. The van der Waals surface area contributed by atoms with Crippen molar-refractivity contribution in [2.75, 3.05) is 19.6 Å². The number of hydrogen-bond donors (Lipinski definition) is 1. The molecule has 23 heavy (non-hydrogen) atoms. The lowest BCUT2D eigenvalue weighted by atomic mass is 9.89. The first-order chi connectivity index (χ1) is 11.0. The second-order valence-corrected chi connectivity index (χ2v) is 8.09. The van der Waals surface area contributed by atoms with Gasteiger partial charge in [-0.1, -0.05) is 45.9 Å². The third-order valence-electron chi connectivity index (χ3n) is 4.72. The van der Waals surface area contributed by atoms with Crippen LogP contribution in [0.4, 0.5) is 0 Å². The largest absolute Gasteiger partial charge is 0.388 e. The average Bonchev–Trinajstić information content (AvgIpc) is 2.50. The van der Waals surface area contributed by atoms with Crippen molar-refractivity contribution in [2.45, 2.75) is 65.9 Å². The predicted molar refractivity (Wildman–Crippen MR) is 98.8 cm³/mol. The topological polar surface area (TPSA) is 23.5 Å². The highest BCUT2D eigenvalue weighted by Gasteiger charge is 2.16. The molecule has 0 saturated carbocycles. The van der Waals surface area contributed by atoms with Crippen molar-refractivity contribution < 1.29 is 5.11 Å². The summed E-state index contributed by atoms with van der Waals surface area (Å²) in [6, 6.07) is 6.64. The monoisotopic (exact) mass is 317 g/mol. The van der Waals surface area contributed by atoms with E-state index in [9.17, 15) is 5.11 Å². The van der Waals surface area contributed by atoms with Crippen LogP contribution in [0.3, 0.4) is 0 Å². The van der Waals surface area contributed by atoms with Crippen LogP contribution in [0, 0.1) is 11.8 Å². The zero-order valence-corrected chi connectivity index (χ0v) is 15.5. The molecule has 0 heterocycles. The Balaban J connectivity index is 1.93. The van der Waals surface area contributed by atoms with Gasteiger partial charge >= 0.3 is 0 Å². The van der Waals surface area contributed by atoms with Crippen molar-refractivity contribution in [3.8, 4) is 0 Å². The fourth-order valence-electron chi connectivity index (χ4n) is 3.72. The summed E-state index contributed by atoms with van der Waals surface area (Å²) in [6.45, 7) is 12.3. The summed E-state index contributed by atoms with van der Waals surface area (Å²) in [4.78, 5) is 2.51. The van der Waals surface area contributed by atoms with Crippen LogP contribution in [0.2, 0.25) is 0 Å². The zero-order valence-electron chi connectivity index (χ0n) is 15.5. The second kappa shape index (κ2) is 8.84. The molecule has 0 bridgehead atoms. The molecule has 1 unspecified atom stereocenters. The lowest BCUT2D eigenvalue weighted by molar-refractivity contribution is 0.131. The molecular weight excluding hydrogens is 282 g/mol. The highest BCUT2D eigenvalue weighted by Crippen LogP contribution is 2.26. The zero-order chi connectivity index (χ0) is 16.8. The van der Waals surface area contributed by atoms with Crippen molar-refractivity contribution in [1.82, 2.24) is 4.90 Å². The molecule has 2 rings (SSSR count). The lowest BCUT2D eigenvalue weighted by Crippen LogP contribution is -2.33. The Morgan fingerprint density at radius 3 is 2.17 bits per heavy atom. The van der Waals surface area contributed by atoms with Gasteiger partial charge < -0.3 is 10.0 Å². The molecule has 0 fully saturated rings. The van der Waals surface area contributed by atoms with Gasteiger partial charge in [0.25, 0.3) is 0 Å². The third kappa shape index (κ3) is 5.93. The van der Waals surface area contributed by atoms with Crippen molar-refractivity contribution in [2.24, 2.45) is 11.8 Å². The maximum absolute atomic E-state index is 10.6. The van der Waals surface area contributed by atoms with Crippen LogP contribution in [-0.4, -0.2) is 29.6 Å². The SMILES string of the molecule is CC(C)CN(CCC(O)c1ccc2c(c1)CCCC2)CC(C)C. The Morgan fingerprint density at radius 2 is 1.57 bits per heavy atom. The molecule has 0 amide bonds. The molecule has 2 nitrogen and oxygen atoms in total. The van der Waals surface area contributed by atoms with E-state index in [1.54, 1.807) is 0 Å². The third-order valence-corrected chi connectivity index (χ3v) is 4.72. The van der Waals surface area contributed by atoms with Crippen LogP contribution in [0.5, 0.6) is 0 Å². The van der Waals surface area contributed by atoms with Gasteiger partial charge in [0, 0.05) is 19.6 Å². The molecular formula is C21H35NO. The molecule has 0 spiro atoms. The molecule has 1 N–H and O–H groups in total. The molecule has 0 saturated heterocycles. The second-order valence-electron chi connectivity index (χ2n) is 8.09. The summed E-state index contributed by atoms with van der Waals surface area (Å²) in [5, 5.41) is 10.6. The standard InChI is InChI=1S/C21H35NO/c1-16(2)14-22(15-17(3)4)12-11-21(23)20-10-9-18-7-5-6-8-19(18)13-20/h9-10,13,16-17,21,23H,5-8,11-12,14-15H2,1-4H3. The Bertz CT molecular complexity index is 471. The number of fused-ring (bicyclic) bond motifs is 1. The van der Waals surface area contributed by atoms with Gasteiger partial charge in [0.1, 0.15) is 0 Å². The Labute approximate surface area is 142 Å². The maximum atomic E-state index is 10.6. The highest BCUT2D eigenvalue weighted by molar-refractivity contribution is 5.34. The van der Waals surface area contributed by atoms with E-state index < -0.39 is 0 Å². The minimum Gasteiger partial charge on any atom is -0.388 e. The fraction of sp³-hybridized carbons (Fsp3) is 0.714. The summed E-state index contributed by atoms with van der Waals surface area (Å²) < 4.78 is 0. The summed E-state index contributed by atoms with van der Waals surface area (Å²) in [6.07, 6.45) is 5.50. The summed E-state index contributed by atoms with van der Waals surface area (Å²) in [7, 11) is 0. The minimum absolute atomic E-state index is 0.330. The Kier molecular flexibility index (Phi) is 7.10. The lowest BCUT2D eigenvalue weighted by Gasteiger charge is -2.27. The smallest absolute Gasteiger partial charge is 0.0802 e. The summed E-state index contributed by atoms with van der Waals surface area (Å²) in [5.41, 5.74) is 4.07. The van der Waals surface area contributed by atoms with E-state index in [1.807, 2.05) is 0 Å². The maximum Gasteiger partial charge on any atom is 0.0802 e. The first kappa shape index (κ1) is 18.5. The molecule has 1 aromatic rings. The van der Waals surface area contributed by atoms with Gasteiger partial charge in [0.2, 0.25) is 0 Å². The normalized spacial score (nSPS) is 16.2. The fourth-order valence-corrected chi connectivity index (χ4v) is 3.72. The van der Waals surface area contributed by atoms with E-state index in [4.69, 9.17) is 0 Å². The molecule has 0 aromatic heterocycles. The number of aryl methyl sites for hydroxylation is 2. The molecule has 2 heteroatoms. The number of nitrogens with zero attached hydrogens (tertiary/aromatic N) is 1. The van der Waals surface area contributed by atoms with Gasteiger partial charge in [-0.05, 0) is 60.6 Å². The first-order valence-corrected chi connectivity index (χ1v) is 9.47. The molecule has 130 valence electrons. The van der Waals surface area contributed by atoms with E-state index in [2.05, 4.69) is 50.8 Å². The van der Waals surface area contributed by atoms with Crippen molar-refractivity contribution >= 4 is 0 Å². The van der Waals surface area contributed by atoms with E-state index in [-0.39, 0.29) is 6.10 Å². The van der Waals surface area contributed by atoms with E-state index in [0.29, 0.717) is 11.8 Å². The van der Waals surface area contributed by atoms with E-state index in [1.165, 1.54) is 36.8 Å². The van der Waals surface area contributed by atoms with Crippen LogP contribution in [0.15, 0.2) is 18.2 Å². The first-order valence-electron chi connectivity index (χ1n) is 9.47. The van der Waals surface area contributed by atoms with Crippen LogP contribution in [0.25, 0.3) is 0 Å². The number of benzene rings is 1. The van der Waals surface area contributed by atoms with Crippen molar-refractivity contribution in [1.29, 1.82) is 0 Å². The molecule has 1 aromatic carbocycles. The molecule has 0 radical (unpaired) electrons. The molecule has 0 aliphatic heterocycles. The molecule has 1 aliphatic rings. The number of rotatable bonds is 8. The van der Waals surface area contributed by atoms with E-state index in [0.717, 1.165) is 31.6 Å². The number of aliphatic hydroxyl groups excluding tert-OH is 1. The van der Waals surface area contributed by atoms with Gasteiger partial charge in [-0.2, -0.15) is 0 Å². The molecule has 1 atom stereocenters. The minimum atomic E-state index is -0.330. The Hall–Kier alpha value is -0.860. The van der Waals surface area contributed by atoms with Gasteiger partial charge in [-0.15, -0.1) is 0 Å². The van der Waals surface area contributed by atoms with Crippen LogP contribution in [0.1, 0.15) is 69.8 Å². The summed E-state index contributed by atoms with van der Waals surface area (Å²) in [5.74, 6) is 1.35. The van der Waals surface area contributed by atoms with Crippen molar-refractivity contribution in [3.63, 3.8) is 0 Å². The van der Waals surface area contributed by atoms with Crippen LogP contribution >= 0.6 is 0 Å². The Morgan fingerprint density at radius 1 is 0.957 bits per heavy atom. The van der Waals surface area contributed by atoms with Gasteiger partial charge in [-0.3, -0.25) is 0 Å². The summed E-state index contributed by atoms with van der Waals surface area (Å²) >= 11 is 0. The highest BCUT2D eigenvalue weighted by atomic mass is 16.3. The van der Waals surface area contributed by atoms with Crippen molar-refractivity contribution in [3.05, 3.63) is 34.9 Å². The average molecular weight is 318 g/mol. The van der Waals surface area contributed by atoms with Gasteiger partial charge in [0.05, 0.1) is 6.10 Å². The predicted octanol–water partition coefficient (Wildman–Crippen LogP) is 4.60. The van der Waals surface area contributed by atoms with Crippen LogP contribution < -0.4 is 0 Å². The van der Waals surface area contributed by atoms with Crippen LogP contribution in [-0.2, 0) is 12.8 Å². The molecule has 1 aliphatic carbocycles. The quantitative estimate of drug-likeness (QED) is 0.757. The number of hydrogen-bond acceptors (Lipinski definition) is 2. The van der Waals surface area contributed by atoms with E-state index >= 15 is 0 Å².